The molecule has 0 aromatic carbocycles. The van der Waals surface area contributed by atoms with E-state index in [9.17, 15) is 4.79 Å². The fraction of sp³-hybridized carbons (Fsp3) is 0.643. The zero-order chi connectivity index (χ0) is 12.0. The van der Waals surface area contributed by atoms with Crippen LogP contribution < -0.4 is 0 Å². The molecule has 0 aliphatic heterocycles. The Hall–Kier alpha value is -0.630. The maximum absolute atomic E-state index is 12.0. The van der Waals surface area contributed by atoms with Crippen LogP contribution in [-0.4, -0.2) is 5.78 Å². The second kappa shape index (κ2) is 6.85. The summed E-state index contributed by atoms with van der Waals surface area (Å²) in [7, 11) is 0. The van der Waals surface area contributed by atoms with Gasteiger partial charge in [-0.25, -0.2) is 0 Å². The molecule has 0 bridgehead atoms. The first-order chi connectivity index (χ1) is 7.67. The number of rotatable bonds is 7. The summed E-state index contributed by atoms with van der Waals surface area (Å²) in [5, 5.41) is 0. The van der Waals surface area contributed by atoms with E-state index < -0.39 is 0 Å². The summed E-state index contributed by atoms with van der Waals surface area (Å²) in [4.78, 5) is 14.2. The summed E-state index contributed by atoms with van der Waals surface area (Å²) in [5.74, 6) is 0.913. The van der Waals surface area contributed by atoms with E-state index in [0.29, 0.717) is 11.7 Å². The lowest BCUT2D eigenvalue weighted by atomic mass is 9.93. The standard InChI is InChI=1S/C14H22OS/c1-4-6-7-12(5-2)10-13(15)14-9-8-11(3)16-14/h8-9,12H,4-7,10H2,1-3H3. The summed E-state index contributed by atoms with van der Waals surface area (Å²) in [5.41, 5.74) is 0. The molecule has 90 valence electrons. The summed E-state index contributed by atoms with van der Waals surface area (Å²) in [6, 6.07) is 4.00. The molecule has 0 fully saturated rings. The van der Waals surface area contributed by atoms with Crippen LogP contribution in [-0.2, 0) is 0 Å². The average molecular weight is 238 g/mol. The Morgan fingerprint density at radius 3 is 2.62 bits per heavy atom. The molecule has 2 heteroatoms. The van der Waals surface area contributed by atoms with Gasteiger partial charge in [-0.2, -0.15) is 0 Å². The van der Waals surface area contributed by atoms with Gasteiger partial charge in [0.15, 0.2) is 5.78 Å². The van der Waals surface area contributed by atoms with E-state index in [1.54, 1.807) is 11.3 Å². The number of carbonyl (C=O) groups is 1. The first-order valence-electron chi connectivity index (χ1n) is 6.27. The molecule has 0 N–H and O–H groups in total. The van der Waals surface area contributed by atoms with Crippen LogP contribution >= 0.6 is 11.3 Å². The second-order valence-electron chi connectivity index (χ2n) is 4.45. The van der Waals surface area contributed by atoms with Gasteiger partial charge in [-0.3, -0.25) is 4.79 Å². The maximum Gasteiger partial charge on any atom is 0.173 e. The molecule has 0 radical (unpaired) electrons. The highest BCUT2D eigenvalue weighted by Gasteiger charge is 2.14. The molecule has 16 heavy (non-hydrogen) atoms. The SMILES string of the molecule is CCCCC(CC)CC(=O)c1ccc(C)s1. The van der Waals surface area contributed by atoms with E-state index in [-0.39, 0.29) is 0 Å². The maximum atomic E-state index is 12.0. The van der Waals surface area contributed by atoms with E-state index in [1.165, 1.54) is 24.1 Å². The number of carbonyl (C=O) groups excluding carboxylic acids is 1. The van der Waals surface area contributed by atoms with Crippen molar-refractivity contribution in [2.45, 2.75) is 52.9 Å². The van der Waals surface area contributed by atoms with Gasteiger partial charge < -0.3 is 0 Å². The molecule has 1 nitrogen and oxygen atoms in total. The van der Waals surface area contributed by atoms with Crippen LogP contribution in [0.4, 0.5) is 0 Å². The zero-order valence-corrected chi connectivity index (χ0v) is 11.4. The molecule has 0 amide bonds. The van der Waals surface area contributed by atoms with Crippen molar-refractivity contribution in [2.24, 2.45) is 5.92 Å². The average Bonchev–Trinajstić information content (AvgIpc) is 2.70. The Bertz CT molecular complexity index is 327. The van der Waals surface area contributed by atoms with Crippen LogP contribution in [0.3, 0.4) is 0 Å². The molecule has 0 saturated carbocycles. The van der Waals surface area contributed by atoms with Crippen molar-refractivity contribution in [3.63, 3.8) is 0 Å². The number of ketones is 1. The molecule has 1 aromatic rings. The molecule has 0 spiro atoms. The quantitative estimate of drug-likeness (QED) is 0.621. The third-order valence-corrected chi connectivity index (χ3v) is 4.07. The number of thiophene rings is 1. The first kappa shape index (κ1) is 13.4. The van der Waals surface area contributed by atoms with Crippen molar-refractivity contribution < 1.29 is 4.79 Å². The monoisotopic (exact) mass is 238 g/mol. The molecule has 1 heterocycles. The van der Waals surface area contributed by atoms with Crippen LogP contribution in [0.1, 0.15) is 60.5 Å². The van der Waals surface area contributed by atoms with Crippen LogP contribution in [0, 0.1) is 12.8 Å². The number of Topliss-reactive ketones (excluding diaryl/α,β-unsaturated/α-hetero) is 1. The van der Waals surface area contributed by atoms with Crippen LogP contribution in [0.5, 0.6) is 0 Å². The zero-order valence-electron chi connectivity index (χ0n) is 10.6. The van der Waals surface area contributed by atoms with Gasteiger partial charge in [0.1, 0.15) is 0 Å². The van der Waals surface area contributed by atoms with Gasteiger partial charge in [0.2, 0.25) is 0 Å². The molecule has 0 aliphatic rings. The van der Waals surface area contributed by atoms with E-state index in [4.69, 9.17) is 0 Å². The molecular weight excluding hydrogens is 216 g/mol. The van der Waals surface area contributed by atoms with Gasteiger partial charge in [-0.15, -0.1) is 11.3 Å². The van der Waals surface area contributed by atoms with Gasteiger partial charge in [0.25, 0.3) is 0 Å². The predicted molar refractivity (Wildman–Crippen MR) is 71.3 cm³/mol. The second-order valence-corrected chi connectivity index (χ2v) is 5.74. The van der Waals surface area contributed by atoms with Gasteiger partial charge in [-0.05, 0) is 25.0 Å². The Kier molecular flexibility index (Phi) is 5.75. The highest BCUT2D eigenvalue weighted by Crippen LogP contribution is 2.22. The van der Waals surface area contributed by atoms with Crippen molar-refractivity contribution in [3.05, 3.63) is 21.9 Å². The Balaban J connectivity index is 2.48. The predicted octanol–water partition coefficient (Wildman–Crippen LogP) is 4.85. The third kappa shape index (κ3) is 4.09. The minimum Gasteiger partial charge on any atom is -0.293 e. The Morgan fingerprint density at radius 1 is 1.38 bits per heavy atom. The van der Waals surface area contributed by atoms with E-state index >= 15 is 0 Å². The minimum atomic E-state index is 0.334. The fourth-order valence-electron chi connectivity index (χ4n) is 1.89. The number of hydrogen-bond donors (Lipinski definition) is 0. The smallest absolute Gasteiger partial charge is 0.173 e. The molecule has 1 aromatic heterocycles. The van der Waals surface area contributed by atoms with E-state index in [1.807, 2.05) is 12.1 Å². The summed E-state index contributed by atoms with van der Waals surface area (Å²) in [6.07, 6.45) is 5.52. The van der Waals surface area contributed by atoms with E-state index in [0.717, 1.165) is 17.7 Å². The largest absolute Gasteiger partial charge is 0.293 e. The summed E-state index contributed by atoms with van der Waals surface area (Å²) >= 11 is 1.62. The van der Waals surface area contributed by atoms with Crippen molar-refractivity contribution in [2.75, 3.05) is 0 Å². The molecule has 1 atom stereocenters. The van der Waals surface area contributed by atoms with Crippen LogP contribution in [0.25, 0.3) is 0 Å². The number of hydrogen-bond acceptors (Lipinski definition) is 2. The van der Waals surface area contributed by atoms with E-state index in [2.05, 4.69) is 20.8 Å². The normalized spacial score (nSPS) is 12.7. The first-order valence-corrected chi connectivity index (χ1v) is 7.08. The summed E-state index contributed by atoms with van der Waals surface area (Å²) in [6.45, 7) is 6.44. The van der Waals surface area contributed by atoms with Gasteiger partial charge in [0.05, 0.1) is 4.88 Å². The van der Waals surface area contributed by atoms with Crippen molar-refractivity contribution in [3.8, 4) is 0 Å². The molecule has 1 unspecified atom stereocenters. The van der Waals surface area contributed by atoms with Gasteiger partial charge in [0, 0.05) is 11.3 Å². The molecule has 0 aliphatic carbocycles. The topological polar surface area (TPSA) is 17.1 Å². The Labute approximate surface area is 103 Å². The lowest BCUT2D eigenvalue weighted by Gasteiger charge is -2.12. The molecule has 1 rings (SSSR count). The Morgan fingerprint density at radius 2 is 2.12 bits per heavy atom. The fourth-order valence-corrected chi connectivity index (χ4v) is 2.71. The highest BCUT2D eigenvalue weighted by atomic mass is 32.1. The van der Waals surface area contributed by atoms with Crippen molar-refractivity contribution in [1.82, 2.24) is 0 Å². The van der Waals surface area contributed by atoms with Crippen LogP contribution in [0.15, 0.2) is 12.1 Å². The lowest BCUT2D eigenvalue weighted by Crippen LogP contribution is -2.07. The number of unbranched alkanes of at least 4 members (excludes halogenated alkanes) is 1. The third-order valence-electron chi connectivity index (χ3n) is 3.03. The van der Waals surface area contributed by atoms with Gasteiger partial charge >= 0.3 is 0 Å². The van der Waals surface area contributed by atoms with Crippen LogP contribution in [0.2, 0.25) is 0 Å². The lowest BCUT2D eigenvalue weighted by molar-refractivity contribution is 0.0961. The van der Waals surface area contributed by atoms with Crippen molar-refractivity contribution in [1.29, 1.82) is 0 Å². The summed E-state index contributed by atoms with van der Waals surface area (Å²) < 4.78 is 0. The number of aryl methyl sites for hydroxylation is 1. The van der Waals surface area contributed by atoms with Crippen molar-refractivity contribution >= 4 is 17.1 Å². The highest BCUT2D eigenvalue weighted by molar-refractivity contribution is 7.14. The minimum absolute atomic E-state index is 0.334. The van der Waals surface area contributed by atoms with Gasteiger partial charge in [-0.1, -0.05) is 39.5 Å². The molecule has 0 saturated heterocycles. The molecular formula is C14H22OS.